The summed E-state index contributed by atoms with van der Waals surface area (Å²) in [6, 6.07) is 2.39. The maximum Gasteiger partial charge on any atom is 0.242 e. The largest absolute Gasteiger partial charge is 0.242 e. The van der Waals surface area contributed by atoms with Crippen LogP contribution in [0.25, 0.3) is 0 Å². The third-order valence-electron chi connectivity index (χ3n) is 3.39. The minimum atomic E-state index is -3.84. The fourth-order valence-corrected chi connectivity index (χ4v) is 4.84. The standard InChI is InChI=1S/C12H13BrCl2FNO2S/c13-8-3-1-2-7(8)6-17-20(18,19)10-5-4-9(14)12(16)11(10)15/h4-5,7-8,17H,1-3,6H2. The first-order chi connectivity index (χ1) is 9.33. The summed E-state index contributed by atoms with van der Waals surface area (Å²) in [6.45, 7) is 0.304. The lowest BCUT2D eigenvalue weighted by Crippen LogP contribution is -2.31. The van der Waals surface area contributed by atoms with Crippen LogP contribution >= 0.6 is 39.1 Å². The van der Waals surface area contributed by atoms with E-state index in [9.17, 15) is 12.8 Å². The molecule has 0 amide bonds. The maximum atomic E-state index is 13.6. The Kier molecular flexibility index (Phi) is 5.34. The van der Waals surface area contributed by atoms with Gasteiger partial charge in [0, 0.05) is 11.4 Å². The predicted molar refractivity (Wildman–Crippen MR) is 81.7 cm³/mol. The van der Waals surface area contributed by atoms with Crippen LogP contribution in [0.1, 0.15) is 19.3 Å². The van der Waals surface area contributed by atoms with E-state index < -0.39 is 20.9 Å². The van der Waals surface area contributed by atoms with E-state index >= 15 is 0 Å². The van der Waals surface area contributed by atoms with E-state index in [1.54, 1.807) is 0 Å². The summed E-state index contributed by atoms with van der Waals surface area (Å²) in [5.41, 5.74) is 0. The third kappa shape index (κ3) is 3.47. The van der Waals surface area contributed by atoms with Crippen molar-refractivity contribution in [2.45, 2.75) is 29.0 Å². The number of sulfonamides is 1. The molecule has 1 aromatic carbocycles. The average molecular weight is 405 g/mol. The molecular formula is C12H13BrCl2FNO2S. The summed E-state index contributed by atoms with van der Waals surface area (Å²) in [6.07, 6.45) is 3.06. The number of halogens is 4. The van der Waals surface area contributed by atoms with Crippen LogP contribution in [0.15, 0.2) is 17.0 Å². The van der Waals surface area contributed by atoms with Crippen molar-refractivity contribution in [3.8, 4) is 0 Å². The summed E-state index contributed by atoms with van der Waals surface area (Å²) in [5.74, 6) is -0.684. The van der Waals surface area contributed by atoms with Gasteiger partial charge < -0.3 is 0 Å². The molecule has 3 nitrogen and oxygen atoms in total. The average Bonchev–Trinajstić information content (AvgIpc) is 2.79. The molecule has 2 rings (SSSR count). The molecule has 0 spiro atoms. The van der Waals surface area contributed by atoms with Crippen LogP contribution in [0.3, 0.4) is 0 Å². The molecule has 1 aliphatic rings. The molecule has 0 heterocycles. The Labute approximate surface area is 136 Å². The van der Waals surface area contributed by atoms with Gasteiger partial charge in [0.1, 0.15) is 4.90 Å². The molecular weight excluding hydrogens is 392 g/mol. The molecule has 8 heteroatoms. The lowest BCUT2D eigenvalue weighted by Gasteiger charge is -2.15. The maximum absolute atomic E-state index is 13.6. The molecule has 0 bridgehead atoms. The second kappa shape index (κ2) is 6.48. The van der Waals surface area contributed by atoms with E-state index in [-0.39, 0.29) is 15.8 Å². The van der Waals surface area contributed by atoms with Gasteiger partial charge in [-0.2, -0.15) is 0 Å². The Bertz CT molecular complexity index is 612. The zero-order valence-electron chi connectivity index (χ0n) is 10.4. The number of hydrogen-bond donors (Lipinski definition) is 1. The smallest absolute Gasteiger partial charge is 0.211 e. The van der Waals surface area contributed by atoms with E-state index in [2.05, 4.69) is 20.7 Å². The quantitative estimate of drug-likeness (QED) is 0.609. The highest BCUT2D eigenvalue weighted by Crippen LogP contribution is 2.32. The summed E-state index contributed by atoms with van der Waals surface area (Å²) < 4.78 is 40.4. The zero-order chi connectivity index (χ0) is 14.9. The molecule has 2 unspecified atom stereocenters. The number of rotatable bonds is 4. The predicted octanol–water partition coefficient (Wildman–Crippen LogP) is 3.97. The molecule has 0 aliphatic heterocycles. The van der Waals surface area contributed by atoms with E-state index in [0.717, 1.165) is 19.3 Å². The van der Waals surface area contributed by atoms with Crippen LogP contribution in [-0.4, -0.2) is 19.8 Å². The van der Waals surface area contributed by atoms with Crippen LogP contribution in [0.2, 0.25) is 10.0 Å². The fraction of sp³-hybridized carbons (Fsp3) is 0.500. The van der Waals surface area contributed by atoms with Gasteiger partial charge in [-0.15, -0.1) is 0 Å². The van der Waals surface area contributed by atoms with Gasteiger partial charge in [0.15, 0.2) is 5.82 Å². The minimum absolute atomic E-state index is 0.203. The number of nitrogens with one attached hydrogen (secondary N) is 1. The topological polar surface area (TPSA) is 46.2 Å². The minimum Gasteiger partial charge on any atom is -0.211 e. The third-order valence-corrected chi connectivity index (χ3v) is 6.84. The second-order valence-corrected chi connectivity index (χ2v) is 8.43. The summed E-state index contributed by atoms with van der Waals surface area (Å²) >= 11 is 14.8. The van der Waals surface area contributed by atoms with Crippen LogP contribution in [0, 0.1) is 11.7 Å². The molecule has 0 aromatic heterocycles. The van der Waals surface area contributed by atoms with Crippen LogP contribution in [0.4, 0.5) is 4.39 Å². The van der Waals surface area contributed by atoms with Gasteiger partial charge in [0.2, 0.25) is 10.0 Å². The fourth-order valence-electron chi connectivity index (χ4n) is 2.23. The SMILES string of the molecule is O=S(=O)(NCC1CCCC1Br)c1ccc(Cl)c(F)c1Cl. The van der Waals surface area contributed by atoms with Crippen molar-refractivity contribution in [2.75, 3.05) is 6.54 Å². The first-order valence-corrected chi connectivity index (χ1v) is 9.25. The Morgan fingerprint density at radius 2 is 2.05 bits per heavy atom. The van der Waals surface area contributed by atoms with Gasteiger partial charge in [-0.05, 0) is 30.9 Å². The van der Waals surface area contributed by atoms with Crippen molar-refractivity contribution in [1.82, 2.24) is 4.72 Å². The lowest BCUT2D eigenvalue weighted by molar-refractivity contribution is 0.529. The molecule has 1 saturated carbocycles. The van der Waals surface area contributed by atoms with E-state index in [1.165, 1.54) is 12.1 Å². The second-order valence-electron chi connectivity index (χ2n) is 4.73. The van der Waals surface area contributed by atoms with Gasteiger partial charge in [0.25, 0.3) is 0 Å². The van der Waals surface area contributed by atoms with Crippen molar-refractivity contribution >= 4 is 49.2 Å². The summed E-state index contributed by atoms with van der Waals surface area (Å²) in [5, 5.41) is -0.683. The normalized spacial score (nSPS) is 23.2. The van der Waals surface area contributed by atoms with Crippen molar-refractivity contribution < 1.29 is 12.8 Å². The Morgan fingerprint density at radius 1 is 1.35 bits per heavy atom. The van der Waals surface area contributed by atoms with Gasteiger partial charge in [-0.25, -0.2) is 17.5 Å². The molecule has 1 aliphatic carbocycles. The first kappa shape index (κ1) is 16.5. The highest BCUT2D eigenvalue weighted by molar-refractivity contribution is 9.09. The molecule has 112 valence electrons. The summed E-state index contributed by atoms with van der Waals surface area (Å²) in [7, 11) is -3.84. The van der Waals surface area contributed by atoms with Gasteiger partial charge in [-0.3, -0.25) is 0 Å². The number of benzene rings is 1. The monoisotopic (exact) mass is 403 g/mol. The first-order valence-electron chi connectivity index (χ1n) is 6.10. The van der Waals surface area contributed by atoms with Gasteiger partial charge >= 0.3 is 0 Å². The van der Waals surface area contributed by atoms with Gasteiger partial charge in [-0.1, -0.05) is 45.6 Å². The molecule has 0 saturated heterocycles. The highest BCUT2D eigenvalue weighted by Gasteiger charge is 2.28. The number of alkyl halides is 1. The Morgan fingerprint density at radius 3 is 2.65 bits per heavy atom. The Hall–Kier alpha value is 0.120. The van der Waals surface area contributed by atoms with Crippen molar-refractivity contribution in [2.24, 2.45) is 5.92 Å². The number of hydrogen-bond acceptors (Lipinski definition) is 2. The summed E-state index contributed by atoms with van der Waals surface area (Å²) in [4.78, 5) is 0.0211. The molecule has 1 aromatic rings. The zero-order valence-corrected chi connectivity index (χ0v) is 14.3. The van der Waals surface area contributed by atoms with E-state index in [1.807, 2.05) is 0 Å². The van der Waals surface area contributed by atoms with Crippen LogP contribution < -0.4 is 4.72 Å². The molecule has 1 N–H and O–H groups in total. The molecule has 20 heavy (non-hydrogen) atoms. The van der Waals surface area contributed by atoms with Crippen molar-refractivity contribution in [1.29, 1.82) is 0 Å². The van der Waals surface area contributed by atoms with E-state index in [0.29, 0.717) is 11.4 Å². The molecule has 2 atom stereocenters. The molecule has 1 fully saturated rings. The van der Waals surface area contributed by atoms with Crippen LogP contribution in [0.5, 0.6) is 0 Å². The van der Waals surface area contributed by atoms with Crippen molar-refractivity contribution in [3.63, 3.8) is 0 Å². The van der Waals surface area contributed by atoms with Crippen molar-refractivity contribution in [3.05, 3.63) is 28.0 Å². The Balaban J connectivity index is 2.16. The van der Waals surface area contributed by atoms with E-state index in [4.69, 9.17) is 23.2 Å². The van der Waals surface area contributed by atoms with Crippen LogP contribution in [-0.2, 0) is 10.0 Å². The van der Waals surface area contributed by atoms with Gasteiger partial charge in [0.05, 0.1) is 10.0 Å². The molecule has 0 radical (unpaired) electrons. The lowest BCUT2D eigenvalue weighted by atomic mass is 10.1. The highest BCUT2D eigenvalue weighted by atomic mass is 79.9.